The highest BCUT2D eigenvalue weighted by atomic mass is 32.2. The highest BCUT2D eigenvalue weighted by Crippen LogP contribution is 2.20. The first kappa shape index (κ1) is 24.0. The number of benzene rings is 3. The van der Waals surface area contributed by atoms with E-state index < -0.39 is 10.0 Å². The van der Waals surface area contributed by atoms with E-state index >= 15 is 0 Å². The van der Waals surface area contributed by atoms with Gasteiger partial charge >= 0.3 is 0 Å². The number of aryl methyl sites for hydroxylation is 1. The SMILES string of the molecule is Cc1ccc(NS(=O)(=O)c2ccc(NC(=O)c3ccc(CN4CCCC(C)C4)cc3)cc2)cc1. The molecule has 3 aromatic rings. The van der Waals surface area contributed by atoms with E-state index in [2.05, 4.69) is 21.9 Å². The highest BCUT2D eigenvalue weighted by Gasteiger charge is 2.17. The molecule has 2 N–H and O–H groups in total. The van der Waals surface area contributed by atoms with Crippen LogP contribution in [0.3, 0.4) is 0 Å². The third-order valence-corrected chi connectivity index (χ3v) is 7.49. The summed E-state index contributed by atoms with van der Waals surface area (Å²) in [7, 11) is -3.71. The lowest BCUT2D eigenvalue weighted by Crippen LogP contribution is -2.33. The van der Waals surface area contributed by atoms with Crippen LogP contribution in [0.2, 0.25) is 0 Å². The van der Waals surface area contributed by atoms with Gasteiger partial charge in [-0.2, -0.15) is 0 Å². The normalized spacial score (nSPS) is 16.7. The molecule has 0 spiro atoms. The van der Waals surface area contributed by atoms with Crippen molar-refractivity contribution in [2.24, 2.45) is 5.92 Å². The number of carbonyl (C=O) groups is 1. The van der Waals surface area contributed by atoms with Gasteiger partial charge in [0.05, 0.1) is 4.90 Å². The lowest BCUT2D eigenvalue weighted by Gasteiger charge is -2.30. The molecular weight excluding hydrogens is 446 g/mol. The number of hydrogen-bond acceptors (Lipinski definition) is 4. The fourth-order valence-corrected chi connectivity index (χ4v) is 5.27. The summed E-state index contributed by atoms with van der Waals surface area (Å²) in [4.78, 5) is 15.2. The van der Waals surface area contributed by atoms with Gasteiger partial charge in [0.1, 0.15) is 0 Å². The molecule has 1 heterocycles. The Morgan fingerprint density at radius 2 is 1.59 bits per heavy atom. The Labute approximate surface area is 202 Å². The van der Waals surface area contributed by atoms with Crippen LogP contribution in [0.25, 0.3) is 0 Å². The van der Waals surface area contributed by atoms with Crippen LogP contribution in [0.1, 0.15) is 41.3 Å². The molecule has 3 aromatic carbocycles. The summed E-state index contributed by atoms with van der Waals surface area (Å²) >= 11 is 0. The minimum Gasteiger partial charge on any atom is -0.322 e. The summed E-state index contributed by atoms with van der Waals surface area (Å²) in [5.74, 6) is 0.505. The molecular formula is C27H31N3O3S. The molecule has 4 rings (SSSR count). The lowest BCUT2D eigenvalue weighted by atomic mass is 9.99. The van der Waals surface area contributed by atoms with Crippen molar-refractivity contribution in [1.82, 2.24) is 4.90 Å². The molecule has 0 bridgehead atoms. The average Bonchev–Trinajstić information content (AvgIpc) is 2.81. The summed E-state index contributed by atoms with van der Waals surface area (Å²) in [6.45, 7) is 7.38. The summed E-state index contributed by atoms with van der Waals surface area (Å²) in [5.41, 5.74) is 3.84. The van der Waals surface area contributed by atoms with Crippen LogP contribution in [0.5, 0.6) is 0 Å². The second-order valence-corrected chi connectivity index (χ2v) is 10.8. The van der Waals surface area contributed by atoms with Gasteiger partial charge < -0.3 is 5.32 Å². The van der Waals surface area contributed by atoms with Crippen molar-refractivity contribution in [3.8, 4) is 0 Å². The fourth-order valence-electron chi connectivity index (χ4n) is 4.21. The number of piperidine rings is 1. The second kappa shape index (κ2) is 10.4. The number of nitrogens with zero attached hydrogens (tertiary/aromatic N) is 1. The van der Waals surface area contributed by atoms with Crippen molar-refractivity contribution in [3.63, 3.8) is 0 Å². The van der Waals surface area contributed by atoms with Crippen LogP contribution in [-0.4, -0.2) is 32.3 Å². The maximum Gasteiger partial charge on any atom is 0.261 e. The Morgan fingerprint density at radius 3 is 2.24 bits per heavy atom. The number of likely N-dealkylation sites (tertiary alicyclic amines) is 1. The largest absolute Gasteiger partial charge is 0.322 e. The molecule has 0 saturated carbocycles. The summed E-state index contributed by atoms with van der Waals surface area (Å²) < 4.78 is 27.8. The Kier molecular flexibility index (Phi) is 7.34. The third kappa shape index (κ3) is 6.24. The van der Waals surface area contributed by atoms with Gasteiger partial charge in [0, 0.05) is 30.0 Å². The molecule has 1 amide bonds. The maximum atomic E-state index is 12.7. The van der Waals surface area contributed by atoms with Gasteiger partial charge in [0.25, 0.3) is 15.9 Å². The van der Waals surface area contributed by atoms with Crippen LogP contribution in [0, 0.1) is 12.8 Å². The zero-order valence-electron chi connectivity index (χ0n) is 19.6. The molecule has 1 atom stereocenters. The van der Waals surface area contributed by atoms with Gasteiger partial charge in [0.15, 0.2) is 0 Å². The van der Waals surface area contributed by atoms with Crippen molar-refractivity contribution in [1.29, 1.82) is 0 Å². The Bertz CT molecular complexity index is 1220. The van der Waals surface area contributed by atoms with Gasteiger partial charge in [-0.15, -0.1) is 0 Å². The molecule has 34 heavy (non-hydrogen) atoms. The Hall–Kier alpha value is -3.16. The highest BCUT2D eigenvalue weighted by molar-refractivity contribution is 7.92. The van der Waals surface area contributed by atoms with Gasteiger partial charge in [-0.1, -0.05) is 36.8 Å². The number of sulfonamides is 1. The molecule has 0 radical (unpaired) electrons. The maximum absolute atomic E-state index is 12.7. The number of anilines is 2. The van der Waals surface area contributed by atoms with Crippen LogP contribution in [-0.2, 0) is 16.6 Å². The molecule has 1 aliphatic heterocycles. The predicted molar refractivity (Wildman–Crippen MR) is 136 cm³/mol. The van der Waals surface area contributed by atoms with Crippen LogP contribution in [0.15, 0.2) is 77.7 Å². The lowest BCUT2D eigenvalue weighted by molar-refractivity contribution is 0.102. The van der Waals surface area contributed by atoms with Gasteiger partial charge in [-0.3, -0.25) is 14.4 Å². The number of amides is 1. The van der Waals surface area contributed by atoms with Crippen molar-refractivity contribution < 1.29 is 13.2 Å². The molecule has 1 aliphatic rings. The molecule has 1 unspecified atom stereocenters. The van der Waals surface area contributed by atoms with Crippen molar-refractivity contribution in [2.45, 2.75) is 38.1 Å². The first-order valence-electron chi connectivity index (χ1n) is 11.6. The summed E-state index contributed by atoms with van der Waals surface area (Å²) in [6.07, 6.45) is 2.54. The zero-order valence-corrected chi connectivity index (χ0v) is 20.4. The number of hydrogen-bond donors (Lipinski definition) is 2. The Morgan fingerprint density at radius 1 is 0.941 bits per heavy atom. The van der Waals surface area contributed by atoms with E-state index in [4.69, 9.17) is 0 Å². The summed E-state index contributed by atoms with van der Waals surface area (Å²) in [5, 5.41) is 2.83. The quantitative estimate of drug-likeness (QED) is 0.485. The van der Waals surface area contributed by atoms with Crippen LogP contribution < -0.4 is 10.0 Å². The van der Waals surface area contributed by atoms with E-state index in [1.807, 2.05) is 43.3 Å². The van der Waals surface area contributed by atoms with E-state index in [0.29, 0.717) is 16.9 Å². The first-order chi connectivity index (χ1) is 16.3. The Balaban J connectivity index is 1.35. The number of nitrogens with one attached hydrogen (secondary N) is 2. The summed E-state index contributed by atoms with van der Waals surface area (Å²) in [6, 6.07) is 20.9. The van der Waals surface area contributed by atoms with Crippen molar-refractivity contribution >= 4 is 27.3 Å². The minimum absolute atomic E-state index is 0.127. The standard InChI is InChI=1S/C27H31N3O3S/c1-20-5-11-25(12-6-20)29-34(32,33)26-15-13-24(14-16-26)28-27(31)23-9-7-22(8-10-23)19-30-17-3-4-21(2)18-30/h5-16,21,29H,3-4,17-19H2,1-2H3,(H,28,31). The van der Waals surface area contributed by atoms with E-state index in [1.54, 1.807) is 24.3 Å². The molecule has 1 saturated heterocycles. The molecule has 0 aliphatic carbocycles. The van der Waals surface area contributed by atoms with Gasteiger partial charge in [0.2, 0.25) is 0 Å². The monoisotopic (exact) mass is 477 g/mol. The average molecular weight is 478 g/mol. The smallest absolute Gasteiger partial charge is 0.261 e. The third-order valence-electron chi connectivity index (χ3n) is 6.09. The van der Waals surface area contributed by atoms with Crippen LogP contribution >= 0.6 is 0 Å². The molecule has 0 aromatic heterocycles. The van der Waals surface area contributed by atoms with E-state index in [-0.39, 0.29) is 10.8 Å². The minimum atomic E-state index is -3.71. The van der Waals surface area contributed by atoms with Crippen molar-refractivity contribution in [3.05, 3.63) is 89.5 Å². The topological polar surface area (TPSA) is 78.5 Å². The molecule has 6 nitrogen and oxygen atoms in total. The molecule has 7 heteroatoms. The molecule has 1 fully saturated rings. The molecule has 178 valence electrons. The van der Waals surface area contributed by atoms with E-state index in [9.17, 15) is 13.2 Å². The second-order valence-electron chi connectivity index (χ2n) is 9.13. The fraction of sp³-hybridized carbons (Fsp3) is 0.296. The predicted octanol–water partition coefficient (Wildman–Crippen LogP) is 5.28. The van der Waals surface area contributed by atoms with Crippen LogP contribution in [0.4, 0.5) is 11.4 Å². The number of carbonyl (C=O) groups excluding carboxylic acids is 1. The zero-order chi connectivity index (χ0) is 24.1. The number of rotatable bonds is 7. The van der Waals surface area contributed by atoms with E-state index in [0.717, 1.165) is 31.1 Å². The first-order valence-corrected chi connectivity index (χ1v) is 13.1. The van der Waals surface area contributed by atoms with Crippen molar-refractivity contribution in [2.75, 3.05) is 23.1 Å². The van der Waals surface area contributed by atoms with E-state index in [1.165, 1.54) is 30.5 Å². The van der Waals surface area contributed by atoms with Gasteiger partial charge in [-0.25, -0.2) is 8.42 Å². The van der Waals surface area contributed by atoms with Gasteiger partial charge in [-0.05, 0) is 86.3 Å².